The molecule has 0 unspecified atom stereocenters. The van der Waals surface area contributed by atoms with Crippen LogP contribution < -0.4 is 11.1 Å². The molecule has 1 aliphatic carbocycles. The first-order valence-electron chi connectivity index (χ1n) is 7.73. The van der Waals surface area contributed by atoms with Crippen molar-refractivity contribution in [2.75, 3.05) is 5.73 Å². The molecule has 1 amide bonds. The van der Waals surface area contributed by atoms with Gasteiger partial charge in [0.05, 0.1) is 18.5 Å². The third-order valence-corrected chi connectivity index (χ3v) is 5.32. The number of furan rings is 1. The largest absolute Gasteiger partial charge is 0.467 e. The Morgan fingerprint density at radius 3 is 3.09 bits per heavy atom. The number of carbonyl (C=O) groups is 1. The number of aromatic nitrogens is 1. The van der Waals surface area contributed by atoms with Crippen molar-refractivity contribution >= 4 is 33.1 Å². The molecular formula is C17H17N3O2S. The highest BCUT2D eigenvalue weighted by Crippen LogP contribution is 2.35. The lowest BCUT2D eigenvalue weighted by atomic mass is 9.95. The highest BCUT2D eigenvalue weighted by atomic mass is 32.1. The molecule has 0 aromatic carbocycles. The average Bonchev–Trinajstić information content (AvgIpc) is 3.19. The lowest BCUT2D eigenvalue weighted by Crippen LogP contribution is -2.22. The van der Waals surface area contributed by atoms with Gasteiger partial charge < -0.3 is 15.5 Å². The molecule has 0 saturated heterocycles. The molecular weight excluding hydrogens is 310 g/mol. The number of fused-ring (bicyclic) bond motifs is 2. The van der Waals surface area contributed by atoms with E-state index in [0.717, 1.165) is 28.8 Å². The number of thiophene rings is 1. The van der Waals surface area contributed by atoms with E-state index in [4.69, 9.17) is 15.1 Å². The molecule has 5 nitrogen and oxygen atoms in total. The monoisotopic (exact) mass is 327 g/mol. The molecule has 3 N–H and O–H groups in total. The number of carbonyl (C=O) groups excluding carboxylic acids is 1. The van der Waals surface area contributed by atoms with E-state index in [9.17, 15) is 4.79 Å². The van der Waals surface area contributed by atoms with E-state index < -0.39 is 0 Å². The molecule has 3 aromatic heterocycles. The third kappa shape index (κ3) is 2.59. The minimum atomic E-state index is -0.181. The van der Waals surface area contributed by atoms with Gasteiger partial charge in [0.15, 0.2) is 0 Å². The first-order valence-corrected chi connectivity index (χ1v) is 8.55. The number of pyridine rings is 1. The van der Waals surface area contributed by atoms with Gasteiger partial charge in [-0.2, -0.15) is 0 Å². The fourth-order valence-corrected chi connectivity index (χ4v) is 4.00. The molecule has 4 rings (SSSR count). The van der Waals surface area contributed by atoms with Gasteiger partial charge in [0.25, 0.3) is 5.91 Å². The Labute approximate surface area is 137 Å². The minimum absolute atomic E-state index is 0.181. The number of rotatable bonds is 3. The highest BCUT2D eigenvalue weighted by Gasteiger charge is 2.20. The van der Waals surface area contributed by atoms with E-state index in [1.54, 1.807) is 12.3 Å². The summed E-state index contributed by atoms with van der Waals surface area (Å²) in [6.07, 6.45) is 6.03. The topological polar surface area (TPSA) is 81.2 Å². The van der Waals surface area contributed by atoms with E-state index in [-0.39, 0.29) is 5.91 Å². The number of amides is 1. The van der Waals surface area contributed by atoms with Crippen LogP contribution in [0.5, 0.6) is 0 Å². The predicted molar refractivity (Wildman–Crippen MR) is 90.6 cm³/mol. The number of aryl methyl sites for hydroxylation is 2. The van der Waals surface area contributed by atoms with Crippen LogP contribution in [-0.2, 0) is 19.4 Å². The molecule has 0 bridgehead atoms. The van der Waals surface area contributed by atoms with Crippen LogP contribution in [0.25, 0.3) is 10.2 Å². The van der Waals surface area contributed by atoms with Crippen LogP contribution in [0.2, 0.25) is 0 Å². The maximum absolute atomic E-state index is 12.4. The summed E-state index contributed by atoms with van der Waals surface area (Å²) < 4.78 is 5.22. The molecule has 3 heterocycles. The molecule has 0 atom stereocenters. The second kappa shape index (κ2) is 5.70. The van der Waals surface area contributed by atoms with E-state index in [0.29, 0.717) is 22.9 Å². The van der Waals surface area contributed by atoms with Gasteiger partial charge >= 0.3 is 0 Å². The normalized spacial score (nSPS) is 13.9. The Kier molecular flexibility index (Phi) is 3.53. The van der Waals surface area contributed by atoms with Gasteiger partial charge in [-0.1, -0.05) is 0 Å². The smallest absolute Gasteiger partial charge is 0.263 e. The molecule has 6 heteroatoms. The minimum Gasteiger partial charge on any atom is -0.467 e. The predicted octanol–water partition coefficient (Wildman–Crippen LogP) is 3.28. The zero-order valence-corrected chi connectivity index (χ0v) is 13.4. The average molecular weight is 327 g/mol. The second-order valence-electron chi connectivity index (χ2n) is 5.76. The summed E-state index contributed by atoms with van der Waals surface area (Å²) >= 11 is 1.36. The molecule has 0 aliphatic heterocycles. The van der Waals surface area contributed by atoms with Gasteiger partial charge in [0.1, 0.15) is 15.5 Å². The molecule has 0 saturated carbocycles. The first kappa shape index (κ1) is 14.3. The number of nitrogen functional groups attached to an aromatic ring is 1. The lowest BCUT2D eigenvalue weighted by Gasteiger charge is -2.14. The van der Waals surface area contributed by atoms with Crippen molar-refractivity contribution in [3.8, 4) is 0 Å². The van der Waals surface area contributed by atoms with E-state index in [1.165, 1.54) is 29.7 Å². The SMILES string of the molecule is Nc1c(C(=O)NCc2ccco2)sc2nc3c(cc12)CCCC3. The van der Waals surface area contributed by atoms with Gasteiger partial charge in [-0.25, -0.2) is 4.98 Å². The molecule has 0 fully saturated rings. The summed E-state index contributed by atoms with van der Waals surface area (Å²) in [6.45, 7) is 0.351. The lowest BCUT2D eigenvalue weighted by molar-refractivity contribution is 0.0953. The van der Waals surface area contributed by atoms with Crippen LogP contribution in [0.15, 0.2) is 28.9 Å². The highest BCUT2D eigenvalue weighted by molar-refractivity contribution is 7.21. The van der Waals surface area contributed by atoms with Crippen molar-refractivity contribution in [2.45, 2.75) is 32.2 Å². The number of nitrogens with one attached hydrogen (secondary N) is 1. The fraction of sp³-hybridized carbons (Fsp3) is 0.294. The number of nitrogens with zero attached hydrogens (tertiary/aromatic N) is 1. The quantitative estimate of drug-likeness (QED) is 0.773. The van der Waals surface area contributed by atoms with Crippen molar-refractivity contribution in [1.82, 2.24) is 10.3 Å². The maximum atomic E-state index is 12.4. The van der Waals surface area contributed by atoms with E-state index in [1.807, 2.05) is 6.07 Å². The molecule has 0 spiro atoms. The van der Waals surface area contributed by atoms with Crippen LogP contribution in [0.3, 0.4) is 0 Å². The Morgan fingerprint density at radius 1 is 1.39 bits per heavy atom. The molecule has 23 heavy (non-hydrogen) atoms. The maximum Gasteiger partial charge on any atom is 0.263 e. The summed E-state index contributed by atoms with van der Waals surface area (Å²) in [5, 5.41) is 3.74. The number of hydrogen-bond donors (Lipinski definition) is 2. The Hall–Kier alpha value is -2.34. The summed E-state index contributed by atoms with van der Waals surface area (Å²) in [5.41, 5.74) is 9.17. The Balaban J connectivity index is 1.64. The van der Waals surface area contributed by atoms with Crippen LogP contribution in [0.4, 0.5) is 5.69 Å². The summed E-state index contributed by atoms with van der Waals surface area (Å²) in [7, 11) is 0. The van der Waals surface area contributed by atoms with Gasteiger partial charge in [-0.3, -0.25) is 4.79 Å². The van der Waals surface area contributed by atoms with E-state index in [2.05, 4.69) is 11.4 Å². The Morgan fingerprint density at radius 2 is 2.26 bits per heavy atom. The summed E-state index contributed by atoms with van der Waals surface area (Å²) in [4.78, 5) is 18.5. The van der Waals surface area contributed by atoms with Gasteiger partial charge in [0.2, 0.25) is 0 Å². The van der Waals surface area contributed by atoms with E-state index >= 15 is 0 Å². The molecule has 3 aromatic rings. The number of anilines is 1. The summed E-state index contributed by atoms with van der Waals surface area (Å²) in [5.74, 6) is 0.534. The zero-order valence-electron chi connectivity index (χ0n) is 12.6. The van der Waals surface area contributed by atoms with Crippen molar-refractivity contribution in [3.05, 3.63) is 46.4 Å². The van der Waals surface area contributed by atoms with Gasteiger partial charge in [-0.15, -0.1) is 11.3 Å². The van der Waals surface area contributed by atoms with Gasteiger partial charge in [-0.05, 0) is 49.4 Å². The molecule has 1 aliphatic rings. The zero-order chi connectivity index (χ0) is 15.8. The molecule has 0 radical (unpaired) electrons. The second-order valence-corrected chi connectivity index (χ2v) is 6.76. The Bertz CT molecular complexity index is 868. The standard InChI is InChI=1S/C17H17N3O2S/c18-14-12-8-10-4-1-2-6-13(10)20-17(12)23-15(14)16(21)19-9-11-5-3-7-22-11/h3,5,7-8H,1-2,4,6,9,18H2,(H,19,21). The van der Waals surface area contributed by atoms with Crippen LogP contribution in [-0.4, -0.2) is 10.9 Å². The van der Waals surface area contributed by atoms with Crippen LogP contribution in [0, 0.1) is 0 Å². The van der Waals surface area contributed by atoms with Gasteiger partial charge in [0, 0.05) is 11.1 Å². The van der Waals surface area contributed by atoms with Crippen molar-refractivity contribution in [3.63, 3.8) is 0 Å². The third-order valence-electron chi connectivity index (χ3n) is 4.21. The van der Waals surface area contributed by atoms with Crippen molar-refractivity contribution in [2.24, 2.45) is 0 Å². The number of hydrogen-bond acceptors (Lipinski definition) is 5. The van der Waals surface area contributed by atoms with Crippen LogP contribution in [0.1, 0.15) is 39.5 Å². The van der Waals surface area contributed by atoms with Crippen molar-refractivity contribution < 1.29 is 9.21 Å². The van der Waals surface area contributed by atoms with Crippen LogP contribution >= 0.6 is 11.3 Å². The number of nitrogens with two attached hydrogens (primary N) is 1. The fourth-order valence-electron chi connectivity index (χ4n) is 2.99. The summed E-state index contributed by atoms with van der Waals surface area (Å²) in [6, 6.07) is 5.74. The van der Waals surface area contributed by atoms with Crippen molar-refractivity contribution in [1.29, 1.82) is 0 Å². The molecule has 118 valence electrons. The first-order chi connectivity index (χ1) is 11.2.